The van der Waals surface area contributed by atoms with Gasteiger partial charge in [0.05, 0.1) is 31.2 Å². The van der Waals surface area contributed by atoms with Crippen LogP contribution in [0.4, 0.5) is 5.69 Å². The molecule has 0 amide bonds. The lowest BCUT2D eigenvalue weighted by Gasteiger charge is -2.19. The van der Waals surface area contributed by atoms with Gasteiger partial charge in [-0.15, -0.1) is 0 Å². The first-order valence-corrected chi connectivity index (χ1v) is 8.36. The molecule has 0 fully saturated rings. The molecule has 0 saturated heterocycles. The van der Waals surface area contributed by atoms with Gasteiger partial charge >= 0.3 is 0 Å². The highest BCUT2D eigenvalue weighted by atomic mass is 79.9. The molecule has 1 aliphatic heterocycles. The number of rotatable bonds is 6. The third-order valence-corrected chi connectivity index (χ3v) is 3.25. The van der Waals surface area contributed by atoms with E-state index in [0.29, 0.717) is 0 Å². The number of nitrogens with two attached hydrogens (primary N) is 2. The predicted octanol–water partition coefficient (Wildman–Crippen LogP) is 2.18. The van der Waals surface area contributed by atoms with Crippen molar-refractivity contribution in [1.29, 1.82) is 0 Å². The molecule has 7 heteroatoms. The average molecular weight is 357 g/mol. The zero-order chi connectivity index (χ0) is 15.5. The number of anilines is 1. The lowest BCUT2D eigenvalue weighted by Crippen LogP contribution is -2.24. The van der Waals surface area contributed by atoms with Crippen molar-refractivity contribution in [2.24, 2.45) is 10.8 Å². The molecule has 21 heavy (non-hydrogen) atoms. The smallest absolute Gasteiger partial charge is 0.0719 e. The maximum atomic E-state index is 5.54. The summed E-state index contributed by atoms with van der Waals surface area (Å²) in [5, 5.41) is 11.1. The van der Waals surface area contributed by atoms with Crippen molar-refractivity contribution in [1.82, 2.24) is 14.8 Å². The molecule has 0 unspecified atom stereocenters. The van der Waals surface area contributed by atoms with E-state index in [1.165, 1.54) is 19.3 Å². The second kappa shape index (κ2) is 10.3. The van der Waals surface area contributed by atoms with Gasteiger partial charge in [-0.2, -0.15) is 10.2 Å². The number of alkyl halides is 1. The summed E-state index contributed by atoms with van der Waals surface area (Å²) in [5.74, 6) is 0. The molecule has 1 aromatic rings. The Morgan fingerprint density at radius 3 is 2.62 bits per heavy atom. The van der Waals surface area contributed by atoms with E-state index in [9.17, 15) is 0 Å². The van der Waals surface area contributed by atoms with Crippen molar-refractivity contribution in [3.05, 3.63) is 24.2 Å². The van der Waals surface area contributed by atoms with Gasteiger partial charge in [-0.05, 0) is 12.5 Å². The number of nitrogens with zero attached hydrogens (tertiary/aromatic N) is 4. The normalized spacial score (nSPS) is 13.6. The molecule has 2 heterocycles. The highest BCUT2D eigenvalue weighted by Crippen LogP contribution is 2.02. The minimum atomic E-state index is 0.718. The molecule has 118 valence electrons. The zero-order valence-electron chi connectivity index (χ0n) is 12.6. The van der Waals surface area contributed by atoms with E-state index in [0.717, 1.165) is 36.3 Å². The Morgan fingerprint density at radius 1 is 1.29 bits per heavy atom. The van der Waals surface area contributed by atoms with Gasteiger partial charge in [-0.3, -0.25) is 9.69 Å². The van der Waals surface area contributed by atoms with Crippen LogP contribution >= 0.6 is 15.9 Å². The zero-order valence-corrected chi connectivity index (χ0v) is 14.2. The van der Waals surface area contributed by atoms with E-state index in [2.05, 4.69) is 33.1 Å². The molecule has 1 aliphatic rings. The van der Waals surface area contributed by atoms with Crippen LogP contribution in [0.5, 0.6) is 0 Å². The highest BCUT2D eigenvalue weighted by Gasteiger charge is 2.02. The minimum Gasteiger partial charge on any atom is -0.398 e. The maximum absolute atomic E-state index is 5.54. The van der Waals surface area contributed by atoms with Crippen molar-refractivity contribution >= 4 is 27.8 Å². The van der Waals surface area contributed by atoms with Crippen molar-refractivity contribution < 1.29 is 0 Å². The van der Waals surface area contributed by atoms with E-state index in [1.807, 2.05) is 11.1 Å². The number of allylic oxidation sites excluding steroid dienone is 1. The summed E-state index contributed by atoms with van der Waals surface area (Å²) in [4.78, 5) is 0. The Bertz CT molecular complexity index is 454. The number of halogens is 1. The van der Waals surface area contributed by atoms with Crippen LogP contribution in [0, 0.1) is 0 Å². The lowest BCUT2D eigenvalue weighted by atomic mass is 10.2. The summed E-state index contributed by atoms with van der Waals surface area (Å²) in [6.45, 7) is 4.99. The van der Waals surface area contributed by atoms with Crippen LogP contribution in [-0.2, 0) is 6.54 Å². The van der Waals surface area contributed by atoms with Gasteiger partial charge in [0.2, 0.25) is 0 Å². The Labute approximate surface area is 135 Å². The fourth-order valence-electron chi connectivity index (χ4n) is 1.74. The van der Waals surface area contributed by atoms with Gasteiger partial charge in [0.1, 0.15) is 0 Å². The Balaban J connectivity index is 0.000000219. The second-order valence-corrected chi connectivity index (χ2v) is 5.59. The highest BCUT2D eigenvalue weighted by molar-refractivity contribution is 9.09. The van der Waals surface area contributed by atoms with Gasteiger partial charge in [0, 0.05) is 23.8 Å². The molecule has 6 nitrogen and oxygen atoms in total. The average Bonchev–Trinajstić information content (AvgIpc) is 2.88. The van der Waals surface area contributed by atoms with Crippen molar-refractivity contribution in [3.8, 4) is 0 Å². The first-order chi connectivity index (χ1) is 10.2. The number of nitrogen functional groups attached to an aromatic ring is 1. The number of hydrogen-bond acceptors (Lipinski definition) is 5. The first-order valence-electron chi connectivity index (χ1n) is 7.24. The molecule has 0 radical (unpaired) electrons. The lowest BCUT2D eigenvalue weighted by molar-refractivity contribution is 0.309. The molecule has 0 aliphatic carbocycles. The van der Waals surface area contributed by atoms with Crippen LogP contribution in [0.1, 0.15) is 26.2 Å². The van der Waals surface area contributed by atoms with Crippen LogP contribution in [0.15, 0.2) is 29.3 Å². The molecule has 1 aromatic heterocycles. The van der Waals surface area contributed by atoms with Gasteiger partial charge in [0.15, 0.2) is 0 Å². The Morgan fingerprint density at radius 2 is 2.10 bits per heavy atom. The summed E-state index contributed by atoms with van der Waals surface area (Å²) in [6.07, 6.45) is 10.9. The Hall–Kier alpha value is -1.50. The summed E-state index contributed by atoms with van der Waals surface area (Å²) in [5.41, 5.74) is 12.4. The van der Waals surface area contributed by atoms with E-state index in [1.54, 1.807) is 23.3 Å². The quantitative estimate of drug-likeness (QED) is 0.604. The van der Waals surface area contributed by atoms with Gasteiger partial charge in [-0.1, -0.05) is 35.7 Å². The summed E-state index contributed by atoms with van der Waals surface area (Å²) < 4.78 is 1.80. The number of unbranched alkanes of at least 4 members (excludes halogenated alkanes) is 2. The fourth-order valence-corrected chi connectivity index (χ4v) is 2.10. The second-order valence-electron chi connectivity index (χ2n) is 4.79. The molecular formula is C14H25BrN6. The predicted molar refractivity (Wildman–Crippen MR) is 92.3 cm³/mol. The van der Waals surface area contributed by atoms with Gasteiger partial charge in [0.25, 0.3) is 0 Å². The van der Waals surface area contributed by atoms with Crippen LogP contribution in [0.2, 0.25) is 0 Å². The van der Waals surface area contributed by atoms with Crippen molar-refractivity contribution in [3.63, 3.8) is 0 Å². The number of aryl methyl sites for hydroxylation is 1. The Kier molecular flexibility index (Phi) is 8.57. The van der Waals surface area contributed by atoms with E-state index in [-0.39, 0.29) is 0 Å². The molecule has 2 rings (SSSR count). The third-order valence-electron chi connectivity index (χ3n) is 2.89. The van der Waals surface area contributed by atoms with Crippen molar-refractivity contribution in [2.45, 2.75) is 32.7 Å². The summed E-state index contributed by atoms with van der Waals surface area (Å²) in [6, 6.07) is 0. The first kappa shape index (κ1) is 17.6. The number of hydrogen-bond donors (Lipinski definition) is 2. The van der Waals surface area contributed by atoms with Gasteiger partial charge in [-0.25, -0.2) is 0 Å². The van der Waals surface area contributed by atoms with Crippen LogP contribution in [-0.4, -0.2) is 39.4 Å². The van der Waals surface area contributed by atoms with Crippen molar-refractivity contribution in [2.75, 3.05) is 24.2 Å². The fraction of sp³-hybridized carbons (Fsp3) is 0.571. The van der Waals surface area contributed by atoms with E-state index >= 15 is 0 Å². The summed E-state index contributed by atoms with van der Waals surface area (Å²) in [7, 11) is 0. The molecule has 0 spiro atoms. The number of aromatic nitrogens is 2. The third kappa shape index (κ3) is 7.75. The molecule has 0 atom stereocenters. The van der Waals surface area contributed by atoms with E-state index < -0.39 is 0 Å². The maximum Gasteiger partial charge on any atom is 0.0719 e. The standard InChI is InChI=1S/C9H17N3.C5H8BrN3/c1-2-3-4-6-12-7-5-9(10)8-11-12;6-1-2-9-4-5(7)3-8-9/h5,8H,2-4,6-7,10H2,1H3;3-4H,1-2,7H2. The topological polar surface area (TPSA) is 85.5 Å². The van der Waals surface area contributed by atoms with Gasteiger partial charge < -0.3 is 11.5 Å². The SMILES string of the molecule is CCCCCN1CC=C(N)C=N1.Nc1cnn(CCBr)c1. The van der Waals surface area contributed by atoms with Crippen LogP contribution in [0.3, 0.4) is 0 Å². The number of hydrazone groups is 1. The van der Waals surface area contributed by atoms with E-state index in [4.69, 9.17) is 11.5 Å². The summed E-state index contributed by atoms with van der Waals surface area (Å²) >= 11 is 3.29. The van der Waals surface area contributed by atoms with Crippen LogP contribution in [0.25, 0.3) is 0 Å². The monoisotopic (exact) mass is 356 g/mol. The molecule has 0 saturated carbocycles. The minimum absolute atomic E-state index is 0.718. The molecule has 0 bridgehead atoms. The largest absolute Gasteiger partial charge is 0.398 e. The molecular weight excluding hydrogens is 332 g/mol. The molecule has 4 N–H and O–H groups in total. The molecule has 0 aromatic carbocycles. The van der Waals surface area contributed by atoms with Crippen LogP contribution < -0.4 is 11.5 Å².